The molecule has 0 bridgehead atoms. The van der Waals surface area contributed by atoms with Gasteiger partial charge in [-0.15, -0.1) is 12.4 Å². The lowest BCUT2D eigenvalue weighted by Crippen LogP contribution is -2.12. The summed E-state index contributed by atoms with van der Waals surface area (Å²) in [7, 11) is 1.66. The van der Waals surface area contributed by atoms with Crippen LogP contribution in [0.5, 0.6) is 0 Å². The van der Waals surface area contributed by atoms with Gasteiger partial charge in [-0.05, 0) is 37.5 Å². The number of nitrogen functional groups attached to an aromatic ring is 1. The van der Waals surface area contributed by atoms with E-state index in [1.807, 2.05) is 19.1 Å². The Bertz CT molecular complexity index is 383. The summed E-state index contributed by atoms with van der Waals surface area (Å²) in [5, 5.41) is 2.87. The molecule has 0 radical (unpaired) electrons. The van der Waals surface area contributed by atoms with Crippen molar-refractivity contribution in [2.45, 2.75) is 26.2 Å². The molecule has 5 heteroatoms. The van der Waals surface area contributed by atoms with Crippen molar-refractivity contribution < 1.29 is 9.53 Å². The molecule has 3 N–H and O–H groups in total. The van der Waals surface area contributed by atoms with Gasteiger partial charge in [0.25, 0.3) is 0 Å². The lowest BCUT2D eigenvalue weighted by atomic mass is 10.1. The molecule has 0 saturated carbocycles. The smallest absolute Gasteiger partial charge is 0.224 e. The molecule has 0 saturated heterocycles. The molecular formula is C13H21ClN2O2. The third-order valence-corrected chi connectivity index (χ3v) is 2.54. The van der Waals surface area contributed by atoms with Gasteiger partial charge in [0, 0.05) is 31.5 Å². The Hall–Kier alpha value is -1.26. The summed E-state index contributed by atoms with van der Waals surface area (Å²) < 4.78 is 4.93. The highest BCUT2D eigenvalue weighted by Crippen LogP contribution is 2.18. The van der Waals surface area contributed by atoms with Crippen LogP contribution in [0.1, 0.15) is 24.8 Å². The Morgan fingerprint density at radius 1 is 1.39 bits per heavy atom. The molecule has 0 unspecified atom stereocenters. The minimum atomic E-state index is 0. The number of halogens is 1. The summed E-state index contributed by atoms with van der Waals surface area (Å²) in [6.45, 7) is 2.64. The zero-order valence-corrected chi connectivity index (χ0v) is 11.7. The minimum absolute atomic E-state index is 0. The number of hydrogen-bond donors (Lipinski definition) is 2. The standard InChI is InChI=1S/C13H20N2O2.ClH/c1-10-6-7-11(14)9-12(10)15-13(16)5-3-4-8-17-2;/h6-7,9H,3-5,8,14H2,1-2H3,(H,15,16);1H. The number of nitrogens with one attached hydrogen (secondary N) is 1. The molecule has 1 amide bonds. The van der Waals surface area contributed by atoms with Crippen LogP contribution < -0.4 is 11.1 Å². The Kier molecular flexibility index (Phi) is 8.16. The number of anilines is 2. The van der Waals surface area contributed by atoms with Gasteiger partial charge in [0.15, 0.2) is 0 Å². The van der Waals surface area contributed by atoms with Crippen LogP contribution in [0.2, 0.25) is 0 Å². The first-order chi connectivity index (χ1) is 8.13. The number of carbonyl (C=O) groups excluding carboxylic acids is 1. The molecule has 0 fully saturated rings. The van der Waals surface area contributed by atoms with Crippen LogP contribution in [-0.2, 0) is 9.53 Å². The molecule has 18 heavy (non-hydrogen) atoms. The second-order valence-electron chi connectivity index (χ2n) is 4.07. The first kappa shape index (κ1) is 16.7. The second kappa shape index (κ2) is 8.78. The van der Waals surface area contributed by atoms with Crippen LogP contribution in [-0.4, -0.2) is 19.6 Å². The molecule has 0 aliphatic heterocycles. The van der Waals surface area contributed by atoms with Crippen LogP contribution in [0.25, 0.3) is 0 Å². The lowest BCUT2D eigenvalue weighted by Gasteiger charge is -2.09. The summed E-state index contributed by atoms with van der Waals surface area (Å²) in [6.07, 6.45) is 2.25. The van der Waals surface area contributed by atoms with Gasteiger partial charge in [-0.2, -0.15) is 0 Å². The molecule has 1 aromatic rings. The number of ether oxygens (including phenoxy) is 1. The number of aryl methyl sites for hydroxylation is 1. The van der Waals surface area contributed by atoms with E-state index in [1.165, 1.54) is 0 Å². The molecule has 0 spiro atoms. The van der Waals surface area contributed by atoms with Crippen LogP contribution in [0, 0.1) is 6.92 Å². The third-order valence-electron chi connectivity index (χ3n) is 2.54. The van der Waals surface area contributed by atoms with Crippen LogP contribution >= 0.6 is 12.4 Å². The number of hydrogen-bond acceptors (Lipinski definition) is 3. The highest BCUT2D eigenvalue weighted by atomic mass is 35.5. The van der Waals surface area contributed by atoms with E-state index in [0.717, 1.165) is 24.1 Å². The fourth-order valence-electron chi connectivity index (χ4n) is 1.52. The Labute approximate surface area is 114 Å². The quantitative estimate of drug-likeness (QED) is 0.618. The maximum Gasteiger partial charge on any atom is 0.224 e. The maximum atomic E-state index is 11.6. The lowest BCUT2D eigenvalue weighted by molar-refractivity contribution is -0.116. The number of rotatable bonds is 6. The number of nitrogens with two attached hydrogens (primary N) is 1. The van der Waals surface area contributed by atoms with Crippen LogP contribution in [0.3, 0.4) is 0 Å². The number of benzene rings is 1. The Balaban J connectivity index is 0.00000289. The number of unbranched alkanes of at least 4 members (excludes halogenated alkanes) is 1. The van der Waals surface area contributed by atoms with Crippen molar-refractivity contribution in [3.05, 3.63) is 23.8 Å². The molecule has 0 aromatic heterocycles. The van der Waals surface area contributed by atoms with Crippen LogP contribution in [0.15, 0.2) is 18.2 Å². The zero-order valence-electron chi connectivity index (χ0n) is 10.9. The molecule has 1 aromatic carbocycles. The molecule has 0 aliphatic rings. The summed E-state index contributed by atoms with van der Waals surface area (Å²) in [4.78, 5) is 11.6. The van der Waals surface area contributed by atoms with Gasteiger partial charge >= 0.3 is 0 Å². The number of amides is 1. The SMILES string of the molecule is COCCCCC(=O)Nc1cc(N)ccc1C.Cl. The van der Waals surface area contributed by atoms with E-state index in [4.69, 9.17) is 10.5 Å². The fraction of sp³-hybridized carbons (Fsp3) is 0.462. The summed E-state index contributed by atoms with van der Waals surface area (Å²) >= 11 is 0. The largest absolute Gasteiger partial charge is 0.399 e. The molecule has 4 nitrogen and oxygen atoms in total. The van der Waals surface area contributed by atoms with Crippen molar-refractivity contribution in [2.75, 3.05) is 24.8 Å². The zero-order chi connectivity index (χ0) is 12.7. The van der Waals surface area contributed by atoms with Gasteiger partial charge in [-0.1, -0.05) is 6.07 Å². The average molecular weight is 273 g/mol. The van der Waals surface area contributed by atoms with E-state index < -0.39 is 0 Å². The van der Waals surface area contributed by atoms with E-state index in [9.17, 15) is 4.79 Å². The fourth-order valence-corrected chi connectivity index (χ4v) is 1.52. The summed E-state index contributed by atoms with van der Waals surface area (Å²) in [5.41, 5.74) is 8.14. The monoisotopic (exact) mass is 272 g/mol. The normalized spacial score (nSPS) is 9.67. The molecule has 1 rings (SSSR count). The predicted molar refractivity (Wildman–Crippen MR) is 77.2 cm³/mol. The molecule has 102 valence electrons. The van der Waals surface area contributed by atoms with Crippen LogP contribution in [0.4, 0.5) is 11.4 Å². The van der Waals surface area contributed by atoms with Crippen molar-refractivity contribution >= 4 is 29.7 Å². The highest BCUT2D eigenvalue weighted by molar-refractivity contribution is 5.91. The van der Waals surface area contributed by atoms with Gasteiger partial charge in [0.1, 0.15) is 0 Å². The molecule has 0 atom stereocenters. The Morgan fingerprint density at radius 3 is 2.78 bits per heavy atom. The Morgan fingerprint density at radius 2 is 2.11 bits per heavy atom. The van der Waals surface area contributed by atoms with Gasteiger partial charge < -0.3 is 15.8 Å². The molecule has 0 heterocycles. The third kappa shape index (κ3) is 5.89. The van der Waals surface area contributed by atoms with E-state index in [2.05, 4.69) is 5.32 Å². The average Bonchev–Trinajstić information content (AvgIpc) is 2.29. The van der Waals surface area contributed by atoms with Crippen molar-refractivity contribution in [1.82, 2.24) is 0 Å². The highest BCUT2D eigenvalue weighted by Gasteiger charge is 2.04. The van der Waals surface area contributed by atoms with E-state index in [1.54, 1.807) is 13.2 Å². The maximum absolute atomic E-state index is 11.6. The van der Waals surface area contributed by atoms with Gasteiger partial charge in [0.2, 0.25) is 5.91 Å². The van der Waals surface area contributed by atoms with Crippen molar-refractivity contribution in [3.63, 3.8) is 0 Å². The minimum Gasteiger partial charge on any atom is -0.399 e. The second-order valence-corrected chi connectivity index (χ2v) is 4.07. The summed E-state index contributed by atoms with van der Waals surface area (Å²) in [6, 6.07) is 5.50. The number of carbonyl (C=O) groups is 1. The van der Waals surface area contributed by atoms with E-state index in [-0.39, 0.29) is 18.3 Å². The van der Waals surface area contributed by atoms with Gasteiger partial charge in [-0.3, -0.25) is 4.79 Å². The van der Waals surface area contributed by atoms with Crippen molar-refractivity contribution in [3.8, 4) is 0 Å². The van der Waals surface area contributed by atoms with Crippen molar-refractivity contribution in [1.29, 1.82) is 0 Å². The predicted octanol–water partition coefficient (Wildman–Crippen LogP) is 2.75. The first-order valence-corrected chi connectivity index (χ1v) is 5.78. The number of methoxy groups -OCH3 is 1. The van der Waals surface area contributed by atoms with Gasteiger partial charge in [0.05, 0.1) is 0 Å². The van der Waals surface area contributed by atoms with E-state index >= 15 is 0 Å². The molecule has 0 aliphatic carbocycles. The van der Waals surface area contributed by atoms with Gasteiger partial charge in [-0.25, -0.2) is 0 Å². The molecular weight excluding hydrogens is 252 g/mol. The summed E-state index contributed by atoms with van der Waals surface area (Å²) in [5.74, 6) is 0.0230. The van der Waals surface area contributed by atoms with E-state index in [0.29, 0.717) is 18.7 Å². The topological polar surface area (TPSA) is 64.3 Å². The van der Waals surface area contributed by atoms with Crippen molar-refractivity contribution in [2.24, 2.45) is 0 Å². The first-order valence-electron chi connectivity index (χ1n) is 5.78.